The van der Waals surface area contributed by atoms with Crippen LogP contribution in [-0.4, -0.2) is 35.1 Å². The number of rotatable bonds is 10. The second-order valence-electron chi connectivity index (χ2n) is 7.30. The number of hydrogen-bond acceptors (Lipinski definition) is 3. The molecule has 0 saturated carbocycles. The minimum Gasteiger partial charge on any atom is -0.355 e. The van der Waals surface area contributed by atoms with Crippen molar-refractivity contribution >= 4 is 23.6 Å². The lowest BCUT2D eigenvalue weighted by Gasteiger charge is -2.30. The van der Waals surface area contributed by atoms with Gasteiger partial charge in [0.2, 0.25) is 11.8 Å². The SMILES string of the molecule is CCNC(=O)C(CC)N(Cc1ccc(C)cc1)C(=O)CSCc1ccc(C)cc1. The molecule has 2 amide bonds. The van der Waals surface area contributed by atoms with Crippen LogP contribution in [0, 0.1) is 13.8 Å². The number of nitrogens with one attached hydrogen (secondary N) is 1. The van der Waals surface area contributed by atoms with Crippen molar-refractivity contribution in [3.05, 3.63) is 70.8 Å². The fraction of sp³-hybridized carbons (Fsp3) is 0.417. The molecule has 0 saturated heterocycles. The van der Waals surface area contributed by atoms with Gasteiger partial charge in [-0.1, -0.05) is 66.6 Å². The highest BCUT2D eigenvalue weighted by Crippen LogP contribution is 2.18. The van der Waals surface area contributed by atoms with Crippen molar-refractivity contribution in [3.8, 4) is 0 Å². The van der Waals surface area contributed by atoms with Crippen LogP contribution in [0.25, 0.3) is 0 Å². The van der Waals surface area contributed by atoms with E-state index < -0.39 is 6.04 Å². The summed E-state index contributed by atoms with van der Waals surface area (Å²) in [6.07, 6.45) is 0.589. The zero-order valence-corrected chi connectivity index (χ0v) is 18.7. The lowest BCUT2D eigenvalue weighted by Crippen LogP contribution is -2.49. The lowest BCUT2D eigenvalue weighted by molar-refractivity contribution is -0.139. The van der Waals surface area contributed by atoms with E-state index in [4.69, 9.17) is 0 Å². The highest BCUT2D eigenvalue weighted by molar-refractivity contribution is 7.99. The Bertz CT molecular complexity index is 788. The third kappa shape index (κ3) is 7.24. The Morgan fingerprint density at radius 1 is 0.931 bits per heavy atom. The molecule has 0 aliphatic rings. The number of likely N-dealkylation sites (N-methyl/N-ethyl adjacent to an activating group) is 1. The smallest absolute Gasteiger partial charge is 0.242 e. The second kappa shape index (κ2) is 11.7. The molecule has 1 N–H and O–H groups in total. The fourth-order valence-corrected chi connectivity index (χ4v) is 4.00. The number of amides is 2. The van der Waals surface area contributed by atoms with Gasteiger partial charge >= 0.3 is 0 Å². The first-order chi connectivity index (χ1) is 13.9. The van der Waals surface area contributed by atoms with Crippen LogP contribution in [0.2, 0.25) is 0 Å². The quantitative estimate of drug-likeness (QED) is 0.626. The van der Waals surface area contributed by atoms with Gasteiger partial charge in [-0.05, 0) is 38.3 Å². The number of nitrogens with zero attached hydrogens (tertiary/aromatic N) is 1. The van der Waals surface area contributed by atoms with Gasteiger partial charge < -0.3 is 10.2 Å². The molecule has 5 heteroatoms. The zero-order valence-electron chi connectivity index (χ0n) is 17.9. The lowest BCUT2D eigenvalue weighted by atomic mass is 10.1. The van der Waals surface area contributed by atoms with Crippen LogP contribution < -0.4 is 5.32 Å². The molecule has 2 aromatic rings. The van der Waals surface area contributed by atoms with Gasteiger partial charge in [0, 0.05) is 18.8 Å². The molecule has 29 heavy (non-hydrogen) atoms. The Balaban J connectivity index is 2.08. The maximum absolute atomic E-state index is 13.1. The van der Waals surface area contributed by atoms with Crippen LogP contribution in [0.1, 0.15) is 42.5 Å². The Kier molecular flexibility index (Phi) is 9.26. The van der Waals surface area contributed by atoms with Gasteiger partial charge in [0.15, 0.2) is 0 Å². The fourth-order valence-electron chi connectivity index (χ4n) is 3.13. The summed E-state index contributed by atoms with van der Waals surface area (Å²) in [5.41, 5.74) is 4.65. The topological polar surface area (TPSA) is 49.4 Å². The van der Waals surface area contributed by atoms with E-state index in [2.05, 4.69) is 36.5 Å². The minimum absolute atomic E-state index is 0.000731. The van der Waals surface area contributed by atoms with Crippen molar-refractivity contribution in [2.75, 3.05) is 12.3 Å². The van der Waals surface area contributed by atoms with E-state index in [0.717, 1.165) is 11.3 Å². The average molecular weight is 413 g/mol. The molecule has 0 aromatic heterocycles. The Morgan fingerprint density at radius 2 is 1.48 bits per heavy atom. The van der Waals surface area contributed by atoms with Crippen LogP contribution in [0.5, 0.6) is 0 Å². The maximum Gasteiger partial charge on any atom is 0.242 e. The molecule has 2 aromatic carbocycles. The van der Waals surface area contributed by atoms with Crippen LogP contribution in [0.3, 0.4) is 0 Å². The van der Waals surface area contributed by atoms with Gasteiger partial charge in [-0.15, -0.1) is 11.8 Å². The normalized spacial score (nSPS) is 11.7. The number of carbonyl (C=O) groups is 2. The Labute approximate surface area is 179 Å². The van der Waals surface area contributed by atoms with Crippen molar-refractivity contribution in [3.63, 3.8) is 0 Å². The molecular weight excluding hydrogens is 380 g/mol. The molecular formula is C24H32N2O2S. The summed E-state index contributed by atoms with van der Waals surface area (Å²) in [4.78, 5) is 27.4. The molecule has 0 spiro atoms. The van der Waals surface area contributed by atoms with Crippen molar-refractivity contribution < 1.29 is 9.59 Å². The third-order valence-corrected chi connectivity index (χ3v) is 5.81. The zero-order chi connectivity index (χ0) is 21.2. The van der Waals surface area contributed by atoms with E-state index >= 15 is 0 Å². The Morgan fingerprint density at radius 3 is 2.00 bits per heavy atom. The maximum atomic E-state index is 13.1. The predicted molar refractivity (Wildman–Crippen MR) is 122 cm³/mol. The standard InChI is InChI=1S/C24H32N2O2S/c1-5-22(24(28)25-6-2)26(15-20-11-7-18(3)8-12-20)23(27)17-29-16-21-13-9-19(4)10-14-21/h7-14,22H,5-6,15-17H2,1-4H3,(H,25,28). The number of aryl methyl sites for hydroxylation is 2. The van der Waals surface area contributed by atoms with Gasteiger partial charge in [-0.25, -0.2) is 0 Å². The highest BCUT2D eigenvalue weighted by Gasteiger charge is 2.28. The van der Waals surface area contributed by atoms with E-state index in [-0.39, 0.29) is 11.8 Å². The second-order valence-corrected chi connectivity index (χ2v) is 8.29. The summed E-state index contributed by atoms with van der Waals surface area (Å²) < 4.78 is 0. The third-order valence-electron chi connectivity index (χ3n) is 4.83. The van der Waals surface area contributed by atoms with Gasteiger partial charge in [0.1, 0.15) is 6.04 Å². The molecule has 156 valence electrons. The summed E-state index contributed by atoms with van der Waals surface area (Å²) in [5, 5.41) is 2.87. The van der Waals surface area contributed by atoms with Crippen LogP contribution in [0.15, 0.2) is 48.5 Å². The Hall–Kier alpha value is -2.27. The predicted octanol–water partition coefficient (Wildman–Crippen LogP) is 4.48. The number of benzene rings is 2. The van der Waals surface area contributed by atoms with Crippen LogP contribution >= 0.6 is 11.8 Å². The van der Waals surface area contributed by atoms with E-state index in [0.29, 0.717) is 25.3 Å². The monoisotopic (exact) mass is 412 g/mol. The van der Waals surface area contributed by atoms with Crippen molar-refractivity contribution in [1.82, 2.24) is 10.2 Å². The van der Waals surface area contributed by atoms with Crippen molar-refractivity contribution in [1.29, 1.82) is 0 Å². The summed E-state index contributed by atoms with van der Waals surface area (Å²) >= 11 is 1.59. The average Bonchev–Trinajstić information content (AvgIpc) is 2.71. The van der Waals surface area contributed by atoms with E-state index in [1.54, 1.807) is 16.7 Å². The summed E-state index contributed by atoms with van der Waals surface area (Å²) in [6.45, 7) is 8.96. The number of carbonyl (C=O) groups excluding carboxylic acids is 2. The molecule has 0 radical (unpaired) electrons. The molecule has 4 nitrogen and oxygen atoms in total. The van der Waals surface area contributed by atoms with Gasteiger partial charge in [-0.2, -0.15) is 0 Å². The first-order valence-electron chi connectivity index (χ1n) is 10.2. The first kappa shape index (κ1) is 23.0. The van der Waals surface area contributed by atoms with E-state index in [9.17, 15) is 9.59 Å². The molecule has 0 aliphatic carbocycles. The van der Waals surface area contributed by atoms with Gasteiger partial charge in [0.05, 0.1) is 5.75 Å². The number of hydrogen-bond donors (Lipinski definition) is 1. The van der Waals surface area contributed by atoms with Crippen LogP contribution in [-0.2, 0) is 21.9 Å². The van der Waals surface area contributed by atoms with Gasteiger partial charge in [-0.3, -0.25) is 9.59 Å². The molecule has 0 bridgehead atoms. The highest BCUT2D eigenvalue weighted by atomic mass is 32.2. The van der Waals surface area contributed by atoms with Crippen molar-refractivity contribution in [2.45, 2.75) is 52.5 Å². The molecule has 0 fully saturated rings. The molecule has 2 rings (SSSR count). The summed E-state index contributed by atoms with van der Waals surface area (Å²) in [7, 11) is 0. The van der Waals surface area contributed by atoms with Gasteiger partial charge in [0.25, 0.3) is 0 Å². The molecule has 0 heterocycles. The van der Waals surface area contributed by atoms with Crippen LogP contribution in [0.4, 0.5) is 0 Å². The van der Waals surface area contributed by atoms with E-state index in [1.165, 1.54) is 16.7 Å². The minimum atomic E-state index is -0.455. The molecule has 1 unspecified atom stereocenters. The largest absolute Gasteiger partial charge is 0.355 e. The number of thioether (sulfide) groups is 1. The summed E-state index contributed by atoms with van der Waals surface area (Å²) in [6, 6.07) is 16.0. The summed E-state index contributed by atoms with van der Waals surface area (Å²) in [5.74, 6) is 1.05. The van der Waals surface area contributed by atoms with E-state index in [1.807, 2.05) is 45.0 Å². The molecule has 0 aliphatic heterocycles. The molecule has 1 atom stereocenters. The first-order valence-corrected chi connectivity index (χ1v) is 11.4. The van der Waals surface area contributed by atoms with Crippen molar-refractivity contribution in [2.24, 2.45) is 0 Å².